The van der Waals surface area contributed by atoms with Crippen molar-refractivity contribution in [3.05, 3.63) is 16.4 Å². The lowest BCUT2D eigenvalue weighted by Gasteiger charge is -2.39. The maximum absolute atomic E-state index is 11.2. The van der Waals surface area contributed by atoms with Crippen molar-refractivity contribution in [1.82, 2.24) is 9.97 Å². The molecule has 0 radical (unpaired) electrons. The molecule has 1 saturated heterocycles. The average molecular weight is 277 g/mol. The summed E-state index contributed by atoms with van der Waals surface area (Å²) < 4.78 is 0. The second kappa shape index (κ2) is 4.88. The van der Waals surface area contributed by atoms with Gasteiger partial charge in [-0.15, -0.1) is 0 Å². The quantitative estimate of drug-likeness (QED) is 0.656. The van der Waals surface area contributed by atoms with E-state index < -0.39 is 4.92 Å². The number of hydrogen-bond donors (Lipinski definition) is 1. The van der Waals surface area contributed by atoms with Gasteiger partial charge in [0, 0.05) is 13.1 Å². The molecule has 2 heterocycles. The zero-order valence-corrected chi connectivity index (χ0v) is 11.4. The maximum Gasteiger partial charge on any atom is 0.353 e. The Bertz CT molecular complexity index is 517. The minimum atomic E-state index is -0.482. The van der Waals surface area contributed by atoms with Crippen LogP contribution in [0.2, 0.25) is 0 Å². The second-order valence-corrected chi connectivity index (χ2v) is 5.88. The summed E-state index contributed by atoms with van der Waals surface area (Å²) in [6.45, 7) is 1.63. The Kier molecular flexibility index (Phi) is 3.19. The van der Waals surface area contributed by atoms with E-state index in [1.54, 1.807) is 0 Å². The molecule has 3 rings (SSSR count). The molecule has 1 aromatic rings. The number of hydrogen-bond acceptors (Lipinski definition) is 6. The van der Waals surface area contributed by atoms with Crippen LogP contribution in [0.3, 0.4) is 0 Å². The fourth-order valence-corrected chi connectivity index (χ4v) is 3.61. The van der Waals surface area contributed by atoms with Crippen molar-refractivity contribution in [2.45, 2.75) is 38.5 Å². The molecule has 7 nitrogen and oxygen atoms in total. The highest BCUT2D eigenvalue weighted by Gasteiger charge is 2.38. The van der Waals surface area contributed by atoms with Crippen LogP contribution in [-0.2, 0) is 0 Å². The lowest BCUT2D eigenvalue weighted by molar-refractivity contribution is -0.383. The molecular weight excluding hydrogens is 258 g/mol. The van der Waals surface area contributed by atoms with Crippen molar-refractivity contribution in [2.75, 3.05) is 23.7 Å². The summed E-state index contributed by atoms with van der Waals surface area (Å²) in [5.74, 6) is 0.316. The van der Waals surface area contributed by atoms with Gasteiger partial charge < -0.3 is 10.6 Å². The fraction of sp³-hybridized carbons (Fsp3) is 0.692. The van der Waals surface area contributed by atoms with Gasteiger partial charge in [-0.05, 0) is 31.1 Å². The molecule has 1 aliphatic heterocycles. The Morgan fingerprint density at radius 3 is 2.45 bits per heavy atom. The summed E-state index contributed by atoms with van der Waals surface area (Å²) in [4.78, 5) is 20.5. The first kappa shape index (κ1) is 13.1. The van der Waals surface area contributed by atoms with Crippen LogP contribution in [0.1, 0.15) is 38.5 Å². The molecule has 0 atom stereocenters. The van der Waals surface area contributed by atoms with E-state index in [4.69, 9.17) is 5.73 Å². The molecule has 1 aliphatic carbocycles. The largest absolute Gasteiger partial charge is 0.378 e. The second-order valence-electron chi connectivity index (χ2n) is 5.88. The smallest absolute Gasteiger partial charge is 0.353 e. The van der Waals surface area contributed by atoms with Crippen molar-refractivity contribution in [3.8, 4) is 0 Å². The third-order valence-electron chi connectivity index (χ3n) is 4.80. The van der Waals surface area contributed by atoms with E-state index in [9.17, 15) is 10.1 Å². The summed E-state index contributed by atoms with van der Waals surface area (Å²) >= 11 is 0. The topological polar surface area (TPSA) is 98.2 Å². The number of piperidine rings is 1. The Morgan fingerprint density at radius 1 is 1.20 bits per heavy atom. The summed E-state index contributed by atoms with van der Waals surface area (Å²) in [5.41, 5.74) is 5.94. The third-order valence-corrected chi connectivity index (χ3v) is 4.80. The standard InChI is InChI=1S/C13H19N5O2/c14-11-10(18(19)20)12(16-9-15-11)17-7-5-13(6-8-17)3-1-2-4-13/h9H,1-8H2,(H2,14,15,16). The zero-order chi connectivity index (χ0) is 14.2. The Labute approximate surface area is 117 Å². The number of rotatable bonds is 2. The van der Waals surface area contributed by atoms with Crippen LogP contribution < -0.4 is 10.6 Å². The molecular formula is C13H19N5O2. The van der Waals surface area contributed by atoms with Crippen molar-refractivity contribution in [1.29, 1.82) is 0 Å². The van der Waals surface area contributed by atoms with Gasteiger partial charge in [0.05, 0.1) is 4.92 Å². The van der Waals surface area contributed by atoms with Gasteiger partial charge in [0.2, 0.25) is 11.6 Å². The molecule has 108 valence electrons. The number of anilines is 2. The maximum atomic E-state index is 11.2. The van der Waals surface area contributed by atoms with Crippen LogP contribution in [0.4, 0.5) is 17.3 Å². The molecule has 7 heteroatoms. The molecule has 1 spiro atoms. The highest BCUT2D eigenvalue weighted by atomic mass is 16.6. The van der Waals surface area contributed by atoms with Crippen molar-refractivity contribution in [3.63, 3.8) is 0 Å². The van der Waals surface area contributed by atoms with Gasteiger partial charge in [0.1, 0.15) is 6.33 Å². The fourth-order valence-electron chi connectivity index (χ4n) is 3.61. The molecule has 0 aromatic carbocycles. The SMILES string of the molecule is Nc1ncnc(N2CCC3(CCCC3)CC2)c1[N+](=O)[O-]. The number of nitrogen functional groups attached to an aromatic ring is 1. The first-order valence-electron chi connectivity index (χ1n) is 7.11. The molecule has 2 aliphatic rings. The molecule has 2 N–H and O–H groups in total. The van der Waals surface area contributed by atoms with E-state index in [0.717, 1.165) is 25.9 Å². The lowest BCUT2D eigenvalue weighted by Crippen LogP contribution is -2.39. The van der Waals surface area contributed by atoms with Crippen LogP contribution >= 0.6 is 0 Å². The van der Waals surface area contributed by atoms with Gasteiger partial charge in [0.15, 0.2) is 0 Å². The number of nitro groups is 1. The van der Waals surface area contributed by atoms with Gasteiger partial charge in [-0.3, -0.25) is 10.1 Å². The van der Waals surface area contributed by atoms with E-state index in [1.165, 1.54) is 32.0 Å². The summed E-state index contributed by atoms with van der Waals surface area (Å²) in [6, 6.07) is 0. The van der Waals surface area contributed by atoms with E-state index in [1.807, 2.05) is 4.90 Å². The van der Waals surface area contributed by atoms with Gasteiger partial charge in [0.25, 0.3) is 0 Å². The highest BCUT2D eigenvalue weighted by molar-refractivity contribution is 5.68. The first-order valence-corrected chi connectivity index (χ1v) is 7.11. The van der Waals surface area contributed by atoms with Crippen molar-refractivity contribution >= 4 is 17.3 Å². The minimum Gasteiger partial charge on any atom is -0.378 e. The van der Waals surface area contributed by atoms with E-state index in [-0.39, 0.29) is 11.5 Å². The summed E-state index contributed by atoms with van der Waals surface area (Å²) in [6.07, 6.45) is 8.73. The van der Waals surface area contributed by atoms with Gasteiger partial charge in [-0.1, -0.05) is 12.8 Å². The summed E-state index contributed by atoms with van der Waals surface area (Å²) in [5, 5.41) is 11.2. The predicted octanol–water partition coefficient (Wildman–Crippen LogP) is 2.13. The third kappa shape index (κ3) is 2.17. The summed E-state index contributed by atoms with van der Waals surface area (Å²) in [7, 11) is 0. The average Bonchev–Trinajstić information content (AvgIpc) is 2.87. The van der Waals surface area contributed by atoms with Crippen molar-refractivity contribution in [2.24, 2.45) is 5.41 Å². The zero-order valence-electron chi connectivity index (χ0n) is 11.4. The Hall–Kier alpha value is -1.92. The normalized spacial score (nSPS) is 21.3. The highest BCUT2D eigenvalue weighted by Crippen LogP contribution is 2.47. The van der Waals surface area contributed by atoms with Gasteiger partial charge in [-0.25, -0.2) is 9.97 Å². The number of aromatic nitrogens is 2. The molecule has 1 saturated carbocycles. The predicted molar refractivity (Wildman–Crippen MR) is 75.4 cm³/mol. The monoisotopic (exact) mass is 277 g/mol. The number of nitrogens with two attached hydrogens (primary N) is 1. The van der Waals surface area contributed by atoms with Crippen LogP contribution in [0.15, 0.2) is 6.33 Å². The van der Waals surface area contributed by atoms with Crippen LogP contribution in [0.5, 0.6) is 0 Å². The molecule has 0 unspecified atom stereocenters. The molecule has 0 bridgehead atoms. The van der Waals surface area contributed by atoms with E-state index in [0.29, 0.717) is 11.2 Å². The Morgan fingerprint density at radius 2 is 1.85 bits per heavy atom. The van der Waals surface area contributed by atoms with Crippen molar-refractivity contribution < 1.29 is 4.92 Å². The van der Waals surface area contributed by atoms with E-state index in [2.05, 4.69) is 9.97 Å². The molecule has 1 aromatic heterocycles. The van der Waals surface area contributed by atoms with E-state index >= 15 is 0 Å². The van der Waals surface area contributed by atoms with Gasteiger partial charge in [-0.2, -0.15) is 0 Å². The van der Waals surface area contributed by atoms with Crippen LogP contribution in [0.25, 0.3) is 0 Å². The first-order chi connectivity index (χ1) is 9.61. The molecule has 2 fully saturated rings. The molecule has 20 heavy (non-hydrogen) atoms. The number of nitrogens with zero attached hydrogens (tertiary/aromatic N) is 4. The van der Waals surface area contributed by atoms with Crippen LogP contribution in [0, 0.1) is 15.5 Å². The minimum absolute atomic E-state index is 0.0545. The molecule has 0 amide bonds. The van der Waals surface area contributed by atoms with Gasteiger partial charge >= 0.3 is 5.69 Å². The van der Waals surface area contributed by atoms with Crippen LogP contribution in [-0.4, -0.2) is 28.0 Å². The Balaban J connectivity index is 1.81. The lowest BCUT2D eigenvalue weighted by atomic mass is 9.77.